The molecule has 6 nitrogen and oxygen atoms in total. The van der Waals surface area contributed by atoms with Gasteiger partial charge in [-0.25, -0.2) is 0 Å². The van der Waals surface area contributed by atoms with E-state index in [2.05, 4.69) is 21.2 Å². The van der Waals surface area contributed by atoms with Crippen molar-refractivity contribution in [3.63, 3.8) is 0 Å². The van der Waals surface area contributed by atoms with E-state index < -0.39 is 6.04 Å². The topological polar surface area (TPSA) is 73.6 Å². The van der Waals surface area contributed by atoms with Crippen molar-refractivity contribution in [2.24, 2.45) is 0 Å². The first-order valence-electron chi connectivity index (χ1n) is 7.20. The van der Waals surface area contributed by atoms with E-state index in [1.807, 2.05) is 36.4 Å². The van der Waals surface area contributed by atoms with Crippen molar-refractivity contribution < 1.29 is 14.4 Å². The van der Waals surface area contributed by atoms with Crippen LogP contribution < -0.4 is 14.8 Å². The molecule has 2 aromatic rings. The number of para-hydroxylation sites is 1. The molecule has 23 heavy (non-hydrogen) atoms. The van der Waals surface area contributed by atoms with Crippen LogP contribution in [0.5, 0.6) is 11.5 Å². The molecule has 2 atom stereocenters. The Hall–Kier alpha value is -2.28. The number of fused-ring (bicyclic) bond motifs is 2. The summed E-state index contributed by atoms with van der Waals surface area (Å²) in [7, 11) is 0. The maximum Gasteiger partial charge on any atom is 0.240 e. The number of hydrogen-bond acceptors (Lipinski definition) is 5. The summed E-state index contributed by atoms with van der Waals surface area (Å²) in [6.07, 6.45) is 0. The lowest BCUT2D eigenvalue weighted by Gasteiger charge is -2.30. The minimum absolute atomic E-state index is 0.186. The fraction of sp³-hybridized carbons (Fsp3) is 0.250. The van der Waals surface area contributed by atoms with Crippen LogP contribution in [0.3, 0.4) is 0 Å². The first-order valence-corrected chi connectivity index (χ1v) is 8.00. The van der Waals surface area contributed by atoms with Gasteiger partial charge in [-0.3, -0.25) is 10.1 Å². The molecular weight excluding hydrogens is 364 g/mol. The van der Waals surface area contributed by atoms with Crippen LogP contribution in [-0.4, -0.2) is 24.3 Å². The van der Waals surface area contributed by atoms with E-state index in [0.29, 0.717) is 11.5 Å². The average Bonchev–Trinajstić information content (AvgIpc) is 3.01. The van der Waals surface area contributed by atoms with Crippen molar-refractivity contribution in [3.05, 3.63) is 62.1 Å². The van der Waals surface area contributed by atoms with E-state index in [1.54, 1.807) is 0 Å². The number of nitrogens with zero attached hydrogens (tertiary/aromatic N) is 1. The molecule has 0 bridgehead atoms. The second-order valence-electron chi connectivity index (χ2n) is 5.53. The number of benzene rings is 2. The van der Waals surface area contributed by atoms with Gasteiger partial charge >= 0.3 is 0 Å². The van der Waals surface area contributed by atoms with Crippen LogP contribution >= 0.6 is 15.9 Å². The summed E-state index contributed by atoms with van der Waals surface area (Å²) in [5.41, 5.74) is 2.68. The lowest BCUT2D eigenvalue weighted by molar-refractivity contribution is -0.521. The molecule has 2 aliphatic heterocycles. The number of rotatable bonds is 2. The van der Waals surface area contributed by atoms with Crippen molar-refractivity contribution in [3.8, 4) is 11.5 Å². The molecule has 0 spiro atoms. The van der Waals surface area contributed by atoms with Crippen molar-refractivity contribution in [2.45, 2.75) is 12.0 Å². The summed E-state index contributed by atoms with van der Waals surface area (Å²) in [6.45, 7) is 0.466. The first kappa shape index (κ1) is 14.3. The number of halogens is 1. The predicted octanol–water partition coefficient (Wildman–Crippen LogP) is 3.38. The van der Waals surface area contributed by atoms with E-state index in [0.717, 1.165) is 21.3 Å². The van der Waals surface area contributed by atoms with Crippen LogP contribution in [0, 0.1) is 10.1 Å². The fourth-order valence-electron chi connectivity index (χ4n) is 3.22. The molecule has 0 unspecified atom stereocenters. The van der Waals surface area contributed by atoms with Crippen LogP contribution in [0.4, 0.5) is 5.69 Å². The summed E-state index contributed by atoms with van der Waals surface area (Å²) in [6, 6.07) is 10.6. The molecule has 2 heterocycles. The van der Waals surface area contributed by atoms with Gasteiger partial charge in [0.25, 0.3) is 0 Å². The standard InChI is InChI=1S/C16H13BrN2O4/c17-11-3-1-2-10-15(12(19(20)21)7-18-16(10)11)9-4-5-13-14(6-9)23-8-22-13/h1-6,12,15,18H,7-8H2/t12-,15-/m1/s1. The Morgan fingerprint density at radius 3 is 2.87 bits per heavy atom. The van der Waals surface area contributed by atoms with Gasteiger partial charge in [-0.15, -0.1) is 0 Å². The third-order valence-electron chi connectivity index (χ3n) is 4.28. The van der Waals surface area contributed by atoms with Crippen LogP contribution in [0.25, 0.3) is 0 Å². The largest absolute Gasteiger partial charge is 0.454 e. The number of nitrogens with one attached hydrogen (secondary N) is 1. The first-order chi connectivity index (χ1) is 11.1. The molecule has 4 rings (SSSR count). The van der Waals surface area contributed by atoms with E-state index in [9.17, 15) is 10.1 Å². The molecule has 1 N–H and O–H groups in total. The molecule has 0 amide bonds. The Balaban J connectivity index is 1.86. The maximum absolute atomic E-state index is 11.6. The number of anilines is 1. The highest BCUT2D eigenvalue weighted by atomic mass is 79.9. The quantitative estimate of drug-likeness (QED) is 0.642. The van der Waals surface area contributed by atoms with Crippen molar-refractivity contribution in [2.75, 3.05) is 18.7 Å². The monoisotopic (exact) mass is 376 g/mol. The van der Waals surface area contributed by atoms with Gasteiger partial charge in [0.1, 0.15) is 0 Å². The van der Waals surface area contributed by atoms with Gasteiger partial charge < -0.3 is 14.8 Å². The number of hydrogen-bond donors (Lipinski definition) is 1. The minimum atomic E-state index is -0.739. The number of ether oxygens (including phenoxy) is 2. The fourth-order valence-corrected chi connectivity index (χ4v) is 3.74. The summed E-state index contributed by atoms with van der Waals surface area (Å²) >= 11 is 3.51. The Morgan fingerprint density at radius 1 is 1.22 bits per heavy atom. The third kappa shape index (κ3) is 2.31. The van der Waals surface area contributed by atoms with Gasteiger partial charge in [0.15, 0.2) is 11.5 Å². The zero-order valence-corrected chi connectivity index (χ0v) is 13.6. The van der Waals surface area contributed by atoms with E-state index >= 15 is 0 Å². The number of nitro groups is 1. The minimum Gasteiger partial charge on any atom is -0.454 e. The molecule has 2 aliphatic rings. The summed E-state index contributed by atoms with van der Waals surface area (Å²) in [5, 5.41) is 14.7. The van der Waals surface area contributed by atoms with Crippen molar-refractivity contribution in [1.29, 1.82) is 0 Å². The molecule has 0 radical (unpaired) electrons. The Kier molecular flexibility index (Phi) is 3.37. The van der Waals surface area contributed by atoms with Gasteiger partial charge in [0, 0.05) is 9.40 Å². The van der Waals surface area contributed by atoms with Gasteiger partial charge in [0.05, 0.1) is 18.2 Å². The van der Waals surface area contributed by atoms with Gasteiger partial charge in [-0.2, -0.15) is 0 Å². The van der Waals surface area contributed by atoms with Crippen LogP contribution in [0.2, 0.25) is 0 Å². The molecule has 2 aromatic carbocycles. The zero-order valence-electron chi connectivity index (χ0n) is 12.0. The average molecular weight is 377 g/mol. The maximum atomic E-state index is 11.6. The van der Waals surface area contributed by atoms with Crippen LogP contribution in [0.15, 0.2) is 40.9 Å². The van der Waals surface area contributed by atoms with Crippen molar-refractivity contribution in [1.82, 2.24) is 0 Å². The highest BCUT2D eigenvalue weighted by Gasteiger charge is 2.39. The second-order valence-corrected chi connectivity index (χ2v) is 6.38. The molecule has 7 heteroatoms. The molecule has 118 valence electrons. The highest BCUT2D eigenvalue weighted by Crippen LogP contribution is 2.43. The van der Waals surface area contributed by atoms with Crippen LogP contribution in [-0.2, 0) is 0 Å². The summed E-state index contributed by atoms with van der Waals surface area (Å²) in [4.78, 5) is 11.3. The second kappa shape index (κ2) is 5.42. The zero-order chi connectivity index (χ0) is 16.0. The summed E-state index contributed by atoms with van der Waals surface area (Å²) < 4.78 is 11.7. The molecular formula is C16H13BrN2O4. The molecule has 0 aromatic heterocycles. The SMILES string of the molecule is O=[N+]([O-])[C@@H]1CNc2c(Br)cccc2[C@H]1c1ccc2c(c1)OCO2. The van der Waals surface area contributed by atoms with Gasteiger partial charge in [-0.05, 0) is 45.3 Å². The summed E-state index contributed by atoms with van der Waals surface area (Å²) in [5.74, 6) is 0.975. The van der Waals surface area contributed by atoms with Crippen LogP contribution in [0.1, 0.15) is 17.0 Å². The lowest BCUT2D eigenvalue weighted by Crippen LogP contribution is -2.39. The Bertz CT molecular complexity index is 796. The normalized spacial score (nSPS) is 21.4. The molecule has 0 aliphatic carbocycles. The Morgan fingerprint density at radius 2 is 2.04 bits per heavy atom. The lowest BCUT2D eigenvalue weighted by atomic mass is 9.82. The Labute approximate surface area is 140 Å². The highest BCUT2D eigenvalue weighted by molar-refractivity contribution is 9.10. The molecule has 0 saturated heterocycles. The third-order valence-corrected chi connectivity index (χ3v) is 4.94. The molecule has 0 fully saturated rings. The van der Waals surface area contributed by atoms with Crippen molar-refractivity contribution >= 4 is 21.6 Å². The van der Waals surface area contributed by atoms with E-state index in [-0.39, 0.29) is 24.2 Å². The van der Waals surface area contributed by atoms with Gasteiger partial charge in [-0.1, -0.05) is 18.2 Å². The molecule has 0 saturated carbocycles. The predicted molar refractivity (Wildman–Crippen MR) is 87.8 cm³/mol. The van der Waals surface area contributed by atoms with E-state index in [1.165, 1.54) is 0 Å². The smallest absolute Gasteiger partial charge is 0.240 e. The van der Waals surface area contributed by atoms with E-state index in [4.69, 9.17) is 9.47 Å². The van der Waals surface area contributed by atoms with Gasteiger partial charge in [0.2, 0.25) is 12.8 Å².